The molecule has 0 spiro atoms. The minimum Gasteiger partial charge on any atom is -0.338 e. The summed E-state index contributed by atoms with van der Waals surface area (Å²) in [6, 6.07) is 16.2. The first-order valence-electron chi connectivity index (χ1n) is 9.43. The van der Waals surface area contributed by atoms with Crippen LogP contribution >= 0.6 is 11.3 Å². The number of hydrogen-bond donors (Lipinski definition) is 1. The number of fused-ring (bicyclic) bond motifs is 2. The molecule has 2 aromatic heterocycles. The van der Waals surface area contributed by atoms with Crippen molar-refractivity contribution in [1.82, 2.24) is 14.8 Å². The third kappa shape index (κ3) is 2.90. The van der Waals surface area contributed by atoms with E-state index in [1.165, 1.54) is 5.56 Å². The van der Waals surface area contributed by atoms with Crippen molar-refractivity contribution in [3.05, 3.63) is 65.4 Å². The van der Waals surface area contributed by atoms with Crippen LogP contribution < -0.4 is 5.32 Å². The van der Waals surface area contributed by atoms with Crippen molar-refractivity contribution in [2.45, 2.75) is 26.7 Å². The highest BCUT2D eigenvalue weighted by Gasteiger charge is 2.31. The van der Waals surface area contributed by atoms with Gasteiger partial charge in [0.2, 0.25) is 5.13 Å². The van der Waals surface area contributed by atoms with Gasteiger partial charge in [-0.3, -0.25) is 4.79 Å². The van der Waals surface area contributed by atoms with Gasteiger partial charge < -0.3 is 5.32 Å². The van der Waals surface area contributed by atoms with Gasteiger partial charge in [0.25, 0.3) is 0 Å². The monoisotopic (exact) mass is 388 g/mol. The molecule has 4 aromatic rings. The maximum atomic E-state index is 12.9. The fourth-order valence-electron chi connectivity index (χ4n) is 3.73. The molecule has 0 aliphatic heterocycles. The average molecular weight is 388 g/mol. The molecule has 1 atom stereocenters. The van der Waals surface area contributed by atoms with Crippen molar-refractivity contribution >= 4 is 38.8 Å². The van der Waals surface area contributed by atoms with Crippen molar-refractivity contribution in [2.24, 2.45) is 5.92 Å². The summed E-state index contributed by atoms with van der Waals surface area (Å²) in [7, 11) is 0. The highest BCUT2D eigenvalue weighted by Crippen LogP contribution is 2.35. The molecule has 0 unspecified atom stereocenters. The van der Waals surface area contributed by atoms with Crippen LogP contribution in [0.15, 0.2) is 48.5 Å². The number of para-hydroxylation sites is 1. The molecule has 1 N–H and O–H groups in total. The topological polar surface area (TPSA) is 59.8 Å². The molecule has 0 amide bonds. The largest absolute Gasteiger partial charge is 0.338 e. The van der Waals surface area contributed by atoms with E-state index in [0.29, 0.717) is 23.7 Å². The summed E-state index contributed by atoms with van der Waals surface area (Å²) >= 11 is 1.60. The Balaban J connectivity index is 1.64. The average Bonchev–Trinajstić information content (AvgIpc) is 3.25. The van der Waals surface area contributed by atoms with Crippen LogP contribution in [0.2, 0.25) is 0 Å². The van der Waals surface area contributed by atoms with E-state index >= 15 is 0 Å². The molecule has 0 saturated heterocycles. The summed E-state index contributed by atoms with van der Waals surface area (Å²) in [6.07, 6.45) is 1.38. The Bertz CT molecular complexity index is 1160. The zero-order valence-electron chi connectivity index (χ0n) is 15.8. The standard InChI is InChI=1S/C22H20N4OS/c1-13-7-9-15(10-8-13)23-21-20-17(11-14(2)12-18(20)27)26(25-21)22-24-16-5-3-4-6-19(16)28-22/h3-10,14H,11-12H2,1-2H3,(H,23,25)/t14-/m0/s1. The number of nitrogens with one attached hydrogen (secondary N) is 1. The predicted molar refractivity (Wildman–Crippen MR) is 113 cm³/mol. The maximum Gasteiger partial charge on any atom is 0.211 e. The zero-order valence-corrected chi connectivity index (χ0v) is 16.6. The summed E-state index contributed by atoms with van der Waals surface area (Å²) in [5.74, 6) is 1.07. The lowest BCUT2D eigenvalue weighted by Gasteiger charge is -2.18. The van der Waals surface area contributed by atoms with Gasteiger partial charge in [0, 0.05) is 12.1 Å². The zero-order chi connectivity index (χ0) is 19.3. The van der Waals surface area contributed by atoms with Crippen LogP contribution in [0.4, 0.5) is 11.5 Å². The smallest absolute Gasteiger partial charge is 0.211 e. The van der Waals surface area contributed by atoms with Gasteiger partial charge in [-0.05, 0) is 43.5 Å². The van der Waals surface area contributed by atoms with Crippen LogP contribution in [0.3, 0.4) is 0 Å². The molecule has 0 bridgehead atoms. The molecule has 140 valence electrons. The lowest BCUT2D eigenvalue weighted by molar-refractivity contribution is 0.0953. The van der Waals surface area contributed by atoms with Crippen molar-refractivity contribution in [1.29, 1.82) is 0 Å². The fraction of sp³-hybridized carbons (Fsp3) is 0.227. The highest BCUT2D eigenvalue weighted by atomic mass is 32.1. The second-order valence-corrected chi connectivity index (χ2v) is 8.48. The number of ketones is 1. The molecular weight excluding hydrogens is 368 g/mol. The molecule has 5 nitrogen and oxygen atoms in total. The van der Waals surface area contributed by atoms with E-state index in [1.807, 2.05) is 47.1 Å². The van der Waals surface area contributed by atoms with Gasteiger partial charge in [-0.25, -0.2) is 9.67 Å². The van der Waals surface area contributed by atoms with Crippen LogP contribution in [-0.2, 0) is 6.42 Å². The Kier molecular flexibility index (Phi) is 4.02. The molecule has 2 aromatic carbocycles. The summed E-state index contributed by atoms with van der Waals surface area (Å²) in [5, 5.41) is 8.95. The number of hydrogen-bond acceptors (Lipinski definition) is 5. The minimum atomic E-state index is 0.149. The third-order valence-electron chi connectivity index (χ3n) is 5.11. The van der Waals surface area contributed by atoms with Crippen molar-refractivity contribution < 1.29 is 4.79 Å². The number of benzene rings is 2. The summed E-state index contributed by atoms with van der Waals surface area (Å²) in [6.45, 7) is 4.17. The van der Waals surface area contributed by atoms with E-state index in [-0.39, 0.29) is 5.78 Å². The Hall–Kier alpha value is -2.99. The summed E-state index contributed by atoms with van der Waals surface area (Å²) < 4.78 is 2.98. The molecule has 1 aliphatic carbocycles. The molecule has 0 fully saturated rings. The van der Waals surface area contributed by atoms with Crippen LogP contribution in [0.25, 0.3) is 15.3 Å². The SMILES string of the molecule is Cc1ccc(Nc2nn(-c3nc4ccccc4s3)c3c2C(=O)C[C@@H](C)C3)cc1. The molecule has 6 heteroatoms. The molecule has 2 heterocycles. The number of carbonyl (C=O) groups is 1. The molecule has 1 aliphatic rings. The van der Waals surface area contributed by atoms with Crippen molar-refractivity contribution in [3.63, 3.8) is 0 Å². The normalized spacial score (nSPS) is 16.4. The Morgan fingerprint density at radius 3 is 2.68 bits per heavy atom. The minimum absolute atomic E-state index is 0.149. The lowest BCUT2D eigenvalue weighted by atomic mass is 9.88. The molecule has 0 radical (unpaired) electrons. The third-order valence-corrected chi connectivity index (χ3v) is 6.13. The van der Waals surface area contributed by atoms with Gasteiger partial charge >= 0.3 is 0 Å². The fourth-order valence-corrected chi connectivity index (χ4v) is 4.67. The van der Waals surface area contributed by atoms with Gasteiger partial charge in [-0.2, -0.15) is 0 Å². The Labute approximate surface area is 167 Å². The van der Waals surface area contributed by atoms with E-state index in [4.69, 9.17) is 10.1 Å². The number of thiazole rings is 1. The number of rotatable bonds is 3. The first kappa shape index (κ1) is 17.1. The van der Waals surface area contributed by atoms with E-state index < -0.39 is 0 Å². The number of aromatic nitrogens is 3. The number of aryl methyl sites for hydroxylation is 1. The Morgan fingerprint density at radius 1 is 1.11 bits per heavy atom. The number of nitrogens with zero attached hydrogens (tertiary/aromatic N) is 3. The maximum absolute atomic E-state index is 12.9. The molecule has 0 saturated carbocycles. The van der Waals surface area contributed by atoms with Gasteiger partial charge in [0.1, 0.15) is 0 Å². The van der Waals surface area contributed by atoms with E-state index in [2.05, 4.69) is 25.2 Å². The first-order chi connectivity index (χ1) is 13.6. The number of carbonyl (C=O) groups excluding carboxylic acids is 1. The Morgan fingerprint density at radius 2 is 1.89 bits per heavy atom. The lowest BCUT2D eigenvalue weighted by Crippen LogP contribution is -2.19. The molecule has 5 rings (SSSR count). The van der Waals surface area contributed by atoms with Crippen molar-refractivity contribution in [2.75, 3.05) is 5.32 Å². The van der Waals surface area contributed by atoms with Gasteiger partial charge in [-0.15, -0.1) is 5.10 Å². The van der Waals surface area contributed by atoms with Crippen LogP contribution in [0.1, 0.15) is 35.0 Å². The van der Waals surface area contributed by atoms with Gasteiger partial charge in [-0.1, -0.05) is 48.1 Å². The first-order valence-corrected chi connectivity index (χ1v) is 10.2. The van der Waals surface area contributed by atoms with E-state index in [0.717, 1.165) is 33.2 Å². The quantitative estimate of drug-likeness (QED) is 0.517. The molecular formula is C22H20N4OS. The van der Waals surface area contributed by atoms with Gasteiger partial charge in [0.15, 0.2) is 11.6 Å². The highest BCUT2D eigenvalue weighted by molar-refractivity contribution is 7.20. The van der Waals surface area contributed by atoms with Crippen molar-refractivity contribution in [3.8, 4) is 5.13 Å². The summed E-state index contributed by atoms with van der Waals surface area (Å²) in [5.41, 5.74) is 4.73. The second kappa shape index (κ2) is 6.56. The predicted octanol–water partition coefficient (Wildman–Crippen LogP) is 5.30. The van der Waals surface area contributed by atoms with Gasteiger partial charge in [0.05, 0.1) is 21.5 Å². The summed E-state index contributed by atoms with van der Waals surface area (Å²) in [4.78, 5) is 17.6. The van der Waals surface area contributed by atoms with E-state index in [9.17, 15) is 4.79 Å². The number of Topliss-reactive ketones (excluding diaryl/α,β-unsaturated/α-hetero) is 1. The molecule has 28 heavy (non-hydrogen) atoms. The van der Waals surface area contributed by atoms with E-state index in [1.54, 1.807) is 11.3 Å². The van der Waals surface area contributed by atoms with Crippen LogP contribution in [0.5, 0.6) is 0 Å². The second-order valence-electron chi connectivity index (χ2n) is 7.47. The van der Waals surface area contributed by atoms with Crippen LogP contribution in [-0.4, -0.2) is 20.5 Å². The van der Waals surface area contributed by atoms with Crippen LogP contribution in [0, 0.1) is 12.8 Å². The number of anilines is 2.